The van der Waals surface area contributed by atoms with Crippen molar-refractivity contribution in [3.05, 3.63) is 45.2 Å². The number of carboxylic acid groups (broad SMARTS) is 1. The minimum absolute atomic E-state index is 0.0994. The first-order chi connectivity index (χ1) is 17.4. The summed E-state index contributed by atoms with van der Waals surface area (Å²) in [5.74, 6) is -0.544. The third kappa shape index (κ3) is 5.94. The Morgan fingerprint density at radius 1 is 1.11 bits per heavy atom. The summed E-state index contributed by atoms with van der Waals surface area (Å²) in [6.45, 7) is 3.88. The van der Waals surface area contributed by atoms with Crippen molar-refractivity contribution >= 4 is 57.7 Å². The Morgan fingerprint density at radius 3 is 2.61 bits per heavy atom. The normalized spacial score (nSPS) is 18.1. The fourth-order valence-electron chi connectivity index (χ4n) is 4.33. The molecule has 2 fully saturated rings. The Hall–Kier alpha value is -2.80. The molecule has 0 aliphatic carbocycles. The number of thioether (sulfide) groups is 1. The molecule has 4 rings (SSSR count). The molecule has 0 atom stereocenters. The van der Waals surface area contributed by atoms with E-state index in [1.54, 1.807) is 24.4 Å². The number of hydrogen-bond donors (Lipinski definition) is 2. The highest BCUT2D eigenvalue weighted by molar-refractivity contribution is 8.26. The first-order valence-electron chi connectivity index (χ1n) is 12.0. The molecule has 2 N–H and O–H groups in total. The number of aliphatic hydroxyl groups is 1. The fraction of sp³-hybridized carbons (Fsp3) is 0.458. The Bertz CT molecular complexity index is 1240. The lowest BCUT2D eigenvalue weighted by molar-refractivity contribution is -0.137. The van der Waals surface area contributed by atoms with Gasteiger partial charge in [0.05, 0.1) is 17.1 Å². The van der Waals surface area contributed by atoms with Crippen molar-refractivity contribution in [3.8, 4) is 0 Å². The quantitative estimate of drug-likeness (QED) is 0.266. The summed E-state index contributed by atoms with van der Waals surface area (Å²) >= 11 is 6.60. The number of aromatic nitrogens is 2. The zero-order valence-corrected chi connectivity index (χ0v) is 21.5. The van der Waals surface area contributed by atoms with Crippen LogP contribution in [0.2, 0.25) is 0 Å². The second-order valence-corrected chi connectivity index (χ2v) is 10.3. The molecule has 10 nitrogen and oxygen atoms in total. The number of carbonyl (C=O) groups excluding carboxylic acids is 1. The molecule has 0 spiro atoms. The smallest absolute Gasteiger partial charge is 0.303 e. The topological polar surface area (TPSA) is 119 Å². The van der Waals surface area contributed by atoms with E-state index in [0.717, 1.165) is 13.1 Å². The second kappa shape index (κ2) is 12.0. The number of fused-ring (bicyclic) bond motifs is 1. The predicted molar refractivity (Wildman–Crippen MR) is 143 cm³/mol. The number of nitrogens with zero attached hydrogens (tertiary/aromatic N) is 5. The average molecular weight is 532 g/mol. The van der Waals surface area contributed by atoms with Crippen LogP contribution in [0.4, 0.5) is 5.82 Å². The van der Waals surface area contributed by atoms with Crippen LogP contribution in [-0.4, -0.2) is 91.5 Å². The number of carboxylic acids is 1. The van der Waals surface area contributed by atoms with Gasteiger partial charge in [-0.25, -0.2) is 4.98 Å². The van der Waals surface area contributed by atoms with Crippen LogP contribution < -0.4 is 10.5 Å². The molecule has 0 bridgehead atoms. The molecule has 0 saturated carbocycles. The van der Waals surface area contributed by atoms with Crippen LogP contribution in [0.5, 0.6) is 0 Å². The van der Waals surface area contributed by atoms with Crippen LogP contribution in [0, 0.1) is 0 Å². The van der Waals surface area contributed by atoms with Gasteiger partial charge in [-0.15, -0.1) is 0 Å². The highest BCUT2D eigenvalue weighted by atomic mass is 32.2. The lowest BCUT2D eigenvalue weighted by Gasteiger charge is -2.35. The minimum Gasteiger partial charge on any atom is -0.481 e. The summed E-state index contributed by atoms with van der Waals surface area (Å²) < 4.78 is 1.90. The van der Waals surface area contributed by atoms with E-state index in [0.29, 0.717) is 71.7 Å². The largest absolute Gasteiger partial charge is 0.481 e. The van der Waals surface area contributed by atoms with Gasteiger partial charge in [-0.05, 0) is 31.1 Å². The second-order valence-electron chi connectivity index (χ2n) is 8.67. The van der Waals surface area contributed by atoms with E-state index in [9.17, 15) is 19.5 Å². The molecule has 2 aromatic rings. The minimum atomic E-state index is -0.829. The molecule has 192 valence electrons. The van der Waals surface area contributed by atoms with Crippen molar-refractivity contribution in [3.63, 3.8) is 0 Å². The third-order valence-corrected chi connectivity index (χ3v) is 7.64. The molecule has 2 aliphatic rings. The molecule has 0 radical (unpaired) electrons. The maximum Gasteiger partial charge on any atom is 0.303 e. The van der Waals surface area contributed by atoms with Crippen LogP contribution in [-0.2, 0) is 9.59 Å². The van der Waals surface area contributed by atoms with E-state index in [4.69, 9.17) is 22.3 Å². The van der Waals surface area contributed by atoms with Gasteiger partial charge in [-0.1, -0.05) is 36.5 Å². The molecule has 4 heterocycles. The number of unbranched alkanes of at least 4 members (excludes halogenated alkanes) is 2. The number of carbonyl (C=O) groups is 2. The highest BCUT2D eigenvalue weighted by Crippen LogP contribution is 2.34. The maximum atomic E-state index is 13.5. The van der Waals surface area contributed by atoms with Crippen LogP contribution in [0.15, 0.2) is 34.1 Å². The van der Waals surface area contributed by atoms with Crippen LogP contribution >= 0.6 is 24.0 Å². The lowest BCUT2D eigenvalue weighted by atomic mass is 10.2. The number of β-amino-alcohol motifs (C(OH)–C–C–N with tert-alkyl or cyclic N) is 1. The van der Waals surface area contributed by atoms with Gasteiger partial charge in [-0.3, -0.25) is 28.6 Å². The SMILES string of the molecule is O=C(O)CCCCCN1C(=O)C(=Cc2c(N3CCN(CCO)CC3)nc3ccccn3c2=O)SC1=S. The number of hydrogen-bond acceptors (Lipinski definition) is 9. The number of aliphatic hydroxyl groups excluding tert-OH is 1. The Labute approximate surface area is 218 Å². The molecule has 0 aromatic carbocycles. The van der Waals surface area contributed by atoms with Crippen molar-refractivity contribution in [2.75, 3.05) is 50.8 Å². The summed E-state index contributed by atoms with van der Waals surface area (Å²) in [4.78, 5) is 48.2. The van der Waals surface area contributed by atoms with Gasteiger partial charge in [0.1, 0.15) is 15.8 Å². The monoisotopic (exact) mass is 531 g/mol. The zero-order valence-electron chi connectivity index (χ0n) is 19.8. The number of pyridine rings is 1. The number of amides is 1. The molecule has 1 amide bonds. The number of piperazine rings is 1. The Balaban J connectivity index is 1.60. The Morgan fingerprint density at radius 2 is 1.89 bits per heavy atom. The standard InChI is InChI=1S/C24H29N5O5S2/c30-15-14-26-10-12-27(13-11-26)21-17(22(33)28-8-5-3-6-19(28)25-21)16-18-23(34)29(24(35)36-18)9-4-1-2-7-20(31)32/h3,5-6,8,16,30H,1-2,4,7,9-15H2,(H,31,32). The van der Waals surface area contributed by atoms with Crippen LogP contribution in [0.3, 0.4) is 0 Å². The zero-order chi connectivity index (χ0) is 25.7. The summed E-state index contributed by atoms with van der Waals surface area (Å²) in [5.41, 5.74) is 0.616. The first-order valence-corrected chi connectivity index (χ1v) is 13.2. The summed E-state index contributed by atoms with van der Waals surface area (Å²) in [7, 11) is 0. The van der Waals surface area contributed by atoms with Crippen LogP contribution in [0.25, 0.3) is 11.7 Å². The van der Waals surface area contributed by atoms with Crippen molar-refractivity contribution in [2.45, 2.75) is 25.7 Å². The first kappa shape index (κ1) is 26.3. The number of aliphatic carboxylic acids is 1. The Kier molecular flexibility index (Phi) is 8.72. The van der Waals surface area contributed by atoms with Crippen molar-refractivity contribution in [2.24, 2.45) is 0 Å². The van der Waals surface area contributed by atoms with Crippen LogP contribution in [0.1, 0.15) is 31.2 Å². The van der Waals surface area contributed by atoms with Crippen molar-refractivity contribution in [1.82, 2.24) is 19.2 Å². The molecule has 0 unspecified atom stereocenters. The summed E-state index contributed by atoms with van der Waals surface area (Å²) in [5, 5.41) is 18.0. The van der Waals surface area contributed by atoms with E-state index in [1.165, 1.54) is 21.1 Å². The third-order valence-electron chi connectivity index (χ3n) is 6.26. The molecular formula is C24H29N5O5S2. The number of rotatable bonds is 10. The molecule has 36 heavy (non-hydrogen) atoms. The van der Waals surface area contributed by atoms with E-state index in [2.05, 4.69) is 9.80 Å². The molecule has 12 heteroatoms. The van der Waals surface area contributed by atoms with Gasteiger partial charge >= 0.3 is 5.97 Å². The van der Waals surface area contributed by atoms with E-state index in [-0.39, 0.29) is 24.5 Å². The van der Waals surface area contributed by atoms with Crippen molar-refractivity contribution < 1.29 is 19.8 Å². The van der Waals surface area contributed by atoms with E-state index >= 15 is 0 Å². The summed E-state index contributed by atoms with van der Waals surface area (Å²) in [6.07, 6.45) is 5.26. The highest BCUT2D eigenvalue weighted by Gasteiger charge is 2.33. The number of thiocarbonyl (C=S) groups is 1. The van der Waals surface area contributed by atoms with Gasteiger partial charge in [0.25, 0.3) is 11.5 Å². The molecule has 2 aliphatic heterocycles. The molecule has 2 aromatic heterocycles. The van der Waals surface area contributed by atoms with Gasteiger partial charge in [-0.2, -0.15) is 0 Å². The van der Waals surface area contributed by atoms with Gasteiger partial charge in [0.2, 0.25) is 0 Å². The van der Waals surface area contributed by atoms with Crippen molar-refractivity contribution in [1.29, 1.82) is 0 Å². The summed E-state index contributed by atoms with van der Waals surface area (Å²) in [6, 6.07) is 5.36. The van der Waals surface area contributed by atoms with Gasteiger partial charge < -0.3 is 15.1 Å². The molecule has 2 saturated heterocycles. The lowest BCUT2D eigenvalue weighted by Crippen LogP contribution is -2.48. The predicted octanol–water partition coefficient (Wildman–Crippen LogP) is 1.66. The van der Waals surface area contributed by atoms with Gasteiger partial charge in [0.15, 0.2) is 0 Å². The van der Waals surface area contributed by atoms with E-state index in [1.807, 2.05) is 6.07 Å². The molecular weight excluding hydrogens is 502 g/mol. The van der Waals surface area contributed by atoms with E-state index < -0.39 is 5.97 Å². The average Bonchev–Trinajstić information content (AvgIpc) is 3.13. The maximum absolute atomic E-state index is 13.5. The fourth-order valence-corrected chi connectivity index (χ4v) is 5.62. The number of anilines is 1. The van der Waals surface area contributed by atoms with Gasteiger partial charge in [0, 0.05) is 51.9 Å².